The van der Waals surface area contributed by atoms with E-state index in [9.17, 15) is 18.0 Å². The number of allylic oxidation sites excluding steroid dienone is 5. The smallest absolute Gasteiger partial charge is 0.366 e. The molecule has 0 unspecified atom stereocenters. The van der Waals surface area contributed by atoms with Crippen LogP contribution in [0.5, 0.6) is 0 Å². The highest BCUT2D eigenvalue weighted by atomic mass is 35.5. The van der Waals surface area contributed by atoms with Crippen molar-refractivity contribution in [3.05, 3.63) is 64.4 Å². The van der Waals surface area contributed by atoms with Gasteiger partial charge in [0.2, 0.25) is 0 Å². The van der Waals surface area contributed by atoms with Crippen LogP contribution in [0.15, 0.2) is 53.8 Å². The van der Waals surface area contributed by atoms with E-state index in [0.717, 1.165) is 6.08 Å². The number of carbonyl (C=O) groups is 1. The lowest BCUT2D eigenvalue weighted by Crippen LogP contribution is -2.15. The Morgan fingerprint density at radius 3 is 2.68 bits per heavy atom. The van der Waals surface area contributed by atoms with Crippen LogP contribution in [0.1, 0.15) is 16.8 Å². The largest absolute Gasteiger partial charge is 0.413 e. The molecule has 1 aromatic carbocycles. The molecule has 1 amide bonds. The fraction of sp³-hybridized carbons (Fsp3) is 0.133. The molecule has 0 saturated heterocycles. The highest BCUT2D eigenvalue weighted by Gasteiger charge is 2.33. The van der Waals surface area contributed by atoms with E-state index in [1.54, 1.807) is 0 Å². The predicted octanol–water partition coefficient (Wildman–Crippen LogP) is 4.18. The van der Waals surface area contributed by atoms with Crippen LogP contribution in [0.3, 0.4) is 0 Å². The van der Waals surface area contributed by atoms with Crippen LogP contribution >= 0.6 is 11.6 Å². The molecule has 0 aliphatic heterocycles. The number of halogens is 4. The Morgan fingerprint density at radius 2 is 2.05 bits per heavy atom. The van der Waals surface area contributed by atoms with Crippen LogP contribution in [-0.4, -0.2) is 12.1 Å². The number of hydrogen-bond acceptors (Lipinski definition) is 2. The van der Waals surface area contributed by atoms with Gasteiger partial charge in [0.25, 0.3) is 5.91 Å². The van der Waals surface area contributed by atoms with E-state index in [1.807, 2.05) is 0 Å². The molecule has 0 atom stereocenters. The summed E-state index contributed by atoms with van der Waals surface area (Å²) in [6.45, 7) is 0. The molecule has 1 aliphatic carbocycles. The number of alkyl halides is 3. The van der Waals surface area contributed by atoms with E-state index in [0.29, 0.717) is 5.02 Å². The maximum Gasteiger partial charge on any atom is 0.413 e. The summed E-state index contributed by atoms with van der Waals surface area (Å²) < 4.78 is 38.5. The minimum absolute atomic E-state index is 0.101. The third-order valence-electron chi connectivity index (χ3n) is 2.97. The van der Waals surface area contributed by atoms with Gasteiger partial charge in [0.15, 0.2) is 0 Å². The lowest BCUT2D eigenvalue weighted by atomic mass is 10.1. The van der Waals surface area contributed by atoms with Crippen molar-refractivity contribution in [3.63, 3.8) is 0 Å². The molecule has 3 N–H and O–H groups in total. The van der Waals surface area contributed by atoms with Gasteiger partial charge in [-0.2, -0.15) is 13.2 Å². The lowest BCUT2D eigenvalue weighted by molar-refractivity contribution is -0.0929. The molecule has 1 aliphatic rings. The summed E-state index contributed by atoms with van der Waals surface area (Å²) in [4.78, 5) is 11.4. The Balaban J connectivity index is 2.36. The summed E-state index contributed by atoms with van der Waals surface area (Å²) in [5, 5.41) is 3.08. The maximum absolute atomic E-state index is 12.8. The molecular formula is C15H12ClF3N2O. The zero-order chi connectivity index (χ0) is 16.3. The molecule has 0 radical (unpaired) electrons. The zero-order valence-electron chi connectivity index (χ0n) is 11.2. The summed E-state index contributed by atoms with van der Waals surface area (Å²) in [6, 6.07) is 4.35. The van der Waals surface area contributed by atoms with Crippen molar-refractivity contribution < 1.29 is 18.0 Å². The monoisotopic (exact) mass is 328 g/mol. The molecule has 0 fully saturated rings. The number of hydrogen-bond donors (Lipinski definition) is 2. The van der Waals surface area contributed by atoms with E-state index in [1.165, 1.54) is 36.4 Å². The number of rotatable bonds is 3. The first-order valence-electron chi connectivity index (χ1n) is 6.28. The Bertz CT molecular complexity index is 691. The van der Waals surface area contributed by atoms with Gasteiger partial charge in [-0.3, -0.25) is 4.79 Å². The number of amides is 1. The number of anilines is 1. The Morgan fingerprint density at radius 1 is 1.32 bits per heavy atom. The average molecular weight is 329 g/mol. The lowest BCUT2D eigenvalue weighted by Gasteiger charge is -2.13. The van der Waals surface area contributed by atoms with Crippen LogP contribution < -0.4 is 11.1 Å². The van der Waals surface area contributed by atoms with Gasteiger partial charge in [0.1, 0.15) is 0 Å². The normalized spacial score (nSPS) is 14.9. The van der Waals surface area contributed by atoms with Gasteiger partial charge in [-0.1, -0.05) is 23.8 Å². The number of carbonyl (C=O) groups excluding carboxylic acids is 1. The van der Waals surface area contributed by atoms with E-state index in [-0.39, 0.29) is 23.4 Å². The standard InChI is InChI=1S/C15H12ClF3N2O/c16-10-5-6-13(12(8-10)14(20)22)21-11-4-2-1-3-9(7-11)15(17,18)19/h1-2,4-8,21H,3H2,(H2,20,22). The van der Waals surface area contributed by atoms with E-state index in [4.69, 9.17) is 17.3 Å². The minimum atomic E-state index is -4.41. The second-order valence-electron chi connectivity index (χ2n) is 4.60. The SMILES string of the molecule is NC(=O)c1cc(Cl)ccc1NC1=CC=CCC(C(F)(F)F)=C1. The van der Waals surface area contributed by atoms with Crippen molar-refractivity contribution in [1.82, 2.24) is 0 Å². The molecule has 22 heavy (non-hydrogen) atoms. The molecule has 1 aromatic rings. The Hall–Kier alpha value is -2.21. The number of benzene rings is 1. The van der Waals surface area contributed by atoms with Gasteiger partial charge in [-0.05, 0) is 36.8 Å². The summed E-state index contributed by atoms with van der Waals surface area (Å²) in [6.07, 6.45) is 0.774. The molecular weight excluding hydrogens is 317 g/mol. The van der Waals surface area contributed by atoms with Crippen molar-refractivity contribution in [2.75, 3.05) is 5.32 Å². The first-order chi connectivity index (χ1) is 10.3. The van der Waals surface area contributed by atoms with Gasteiger partial charge in [0, 0.05) is 16.3 Å². The van der Waals surface area contributed by atoms with Gasteiger partial charge >= 0.3 is 6.18 Å². The van der Waals surface area contributed by atoms with E-state index in [2.05, 4.69) is 5.32 Å². The summed E-state index contributed by atoms with van der Waals surface area (Å²) >= 11 is 5.79. The average Bonchev–Trinajstić information content (AvgIpc) is 2.66. The third-order valence-corrected chi connectivity index (χ3v) is 3.20. The summed E-state index contributed by atoms with van der Waals surface area (Å²) in [5.74, 6) is -0.727. The summed E-state index contributed by atoms with van der Waals surface area (Å²) in [7, 11) is 0. The second-order valence-corrected chi connectivity index (χ2v) is 5.04. The molecule has 0 bridgehead atoms. The van der Waals surface area contributed by atoms with Gasteiger partial charge in [-0.25, -0.2) is 0 Å². The molecule has 0 heterocycles. The van der Waals surface area contributed by atoms with Crippen LogP contribution in [0.25, 0.3) is 0 Å². The summed E-state index contributed by atoms with van der Waals surface area (Å²) in [5.41, 5.74) is 5.15. The Kier molecular flexibility index (Phi) is 4.61. The van der Waals surface area contributed by atoms with E-state index < -0.39 is 17.7 Å². The van der Waals surface area contributed by atoms with Crippen LogP contribution in [0.2, 0.25) is 5.02 Å². The molecule has 116 valence electrons. The highest BCUT2D eigenvalue weighted by Crippen LogP contribution is 2.31. The van der Waals surface area contributed by atoms with Crippen molar-refractivity contribution in [3.8, 4) is 0 Å². The van der Waals surface area contributed by atoms with E-state index >= 15 is 0 Å². The maximum atomic E-state index is 12.8. The molecule has 2 rings (SSSR count). The molecule has 0 spiro atoms. The van der Waals surface area contributed by atoms with Gasteiger partial charge in [0.05, 0.1) is 11.3 Å². The minimum Gasteiger partial charge on any atom is -0.366 e. The fourth-order valence-electron chi connectivity index (χ4n) is 1.92. The first-order valence-corrected chi connectivity index (χ1v) is 6.66. The number of nitrogens with one attached hydrogen (secondary N) is 1. The predicted molar refractivity (Wildman–Crippen MR) is 79.6 cm³/mol. The Labute approximate surface area is 129 Å². The zero-order valence-corrected chi connectivity index (χ0v) is 12.0. The fourth-order valence-corrected chi connectivity index (χ4v) is 2.09. The number of nitrogens with two attached hydrogens (primary N) is 1. The van der Waals surface area contributed by atoms with Crippen molar-refractivity contribution in [1.29, 1.82) is 0 Å². The number of primary amides is 1. The third kappa shape index (κ3) is 3.92. The molecule has 0 aromatic heterocycles. The molecule has 3 nitrogen and oxygen atoms in total. The molecule has 0 saturated carbocycles. The van der Waals surface area contributed by atoms with Crippen molar-refractivity contribution >= 4 is 23.2 Å². The second kappa shape index (κ2) is 6.27. The first kappa shape index (κ1) is 16.2. The van der Waals surface area contributed by atoms with Crippen molar-refractivity contribution in [2.45, 2.75) is 12.6 Å². The van der Waals surface area contributed by atoms with Gasteiger partial charge < -0.3 is 11.1 Å². The topological polar surface area (TPSA) is 55.1 Å². The molecule has 7 heteroatoms. The van der Waals surface area contributed by atoms with Crippen LogP contribution in [-0.2, 0) is 0 Å². The van der Waals surface area contributed by atoms with Gasteiger partial charge in [-0.15, -0.1) is 0 Å². The quantitative estimate of drug-likeness (QED) is 0.874. The van der Waals surface area contributed by atoms with Crippen molar-refractivity contribution in [2.24, 2.45) is 5.73 Å². The van der Waals surface area contributed by atoms with Crippen LogP contribution in [0.4, 0.5) is 18.9 Å². The van der Waals surface area contributed by atoms with Crippen LogP contribution in [0, 0.1) is 0 Å². The highest BCUT2D eigenvalue weighted by molar-refractivity contribution is 6.31.